The van der Waals surface area contributed by atoms with Crippen LogP contribution < -0.4 is 21.1 Å². The Morgan fingerprint density at radius 1 is 1.02 bits per heavy atom. The van der Waals surface area contributed by atoms with Crippen LogP contribution in [0, 0.1) is 12.3 Å². The molecular weight excluding hydrogens is 526 g/mol. The van der Waals surface area contributed by atoms with E-state index < -0.39 is 23.2 Å². The summed E-state index contributed by atoms with van der Waals surface area (Å²) in [5.74, 6) is -1.92. The van der Waals surface area contributed by atoms with Crippen LogP contribution in [0.3, 0.4) is 0 Å². The van der Waals surface area contributed by atoms with E-state index in [1.807, 2.05) is 33.8 Å². The van der Waals surface area contributed by atoms with Gasteiger partial charge in [0, 0.05) is 25.1 Å². The number of nitrogens with two attached hydrogens (primary N) is 1. The number of aryl methyl sites for hydroxylation is 1. The number of ether oxygens (including phenoxy) is 1. The number of hydrogen-bond acceptors (Lipinski definition) is 6. The molecule has 11 nitrogen and oxygen atoms in total. The number of benzene rings is 2. The van der Waals surface area contributed by atoms with Crippen molar-refractivity contribution < 1.29 is 29.0 Å². The van der Waals surface area contributed by atoms with Crippen molar-refractivity contribution in [1.82, 2.24) is 9.55 Å². The van der Waals surface area contributed by atoms with Gasteiger partial charge in [0.2, 0.25) is 11.8 Å². The second-order valence-electron chi connectivity index (χ2n) is 11.6. The number of anilines is 2. The molecular formula is C30H37N5O6. The molecule has 0 bridgehead atoms. The molecule has 0 spiro atoms. The van der Waals surface area contributed by atoms with Gasteiger partial charge in [0.1, 0.15) is 5.82 Å². The molecule has 1 heterocycles. The number of primary amides is 1. The van der Waals surface area contributed by atoms with Gasteiger partial charge in [-0.3, -0.25) is 14.4 Å². The van der Waals surface area contributed by atoms with E-state index >= 15 is 0 Å². The summed E-state index contributed by atoms with van der Waals surface area (Å²) >= 11 is 0. The SMILES string of the molecule is COc1c(NC(C)=O)cc(C(C)(C)C)cc1NC(=O)c1ccc(C)c(-n2cc(C(=O)O)nc2CC(C)(C)C(N)=O)c1. The monoisotopic (exact) mass is 563 g/mol. The Hall–Kier alpha value is -4.67. The fraction of sp³-hybridized carbons (Fsp3) is 0.367. The highest BCUT2D eigenvalue weighted by molar-refractivity contribution is 6.06. The lowest BCUT2D eigenvalue weighted by Gasteiger charge is -2.24. The van der Waals surface area contributed by atoms with Crippen LogP contribution in [-0.4, -0.2) is 45.5 Å². The second-order valence-corrected chi connectivity index (χ2v) is 11.6. The van der Waals surface area contributed by atoms with E-state index in [2.05, 4.69) is 15.6 Å². The highest BCUT2D eigenvalue weighted by Crippen LogP contribution is 2.39. The van der Waals surface area contributed by atoms with Crippen LogP contribution in [0.5, 0.6) is 5.75 Å². The number of nitrogens with zero attached hydrogens (tertiary/aromatic N) is 2. The maximum absolute atomic E-state index is 13.6. The molecule has 218 valence electrons. The quantitative estimate of drug-likeness (QED) is 0.298. The van der Waals surface area contributed by atoms with Gasteiger partial charge in [-0.1, -0.05) is 40.7 Å². The third-order valence-electron chi connectivity index (χ3n) is 6.71. The number of methoxy groups -OCH3 is 1. The maximum Gasteiger partial charge on any atom is 0.356 e. The van der Waals surface area contributed by atoms with Crippen LogP contribution >= 0.6 is 0 Å². The summed E-state index contributed by atoms with van der Waals surface area (Å²) in [6, 6.07) is 8.61. The summed E-state index contributed by atoms with van der Waals surface area (Å²) in [5, 5.41) is 15.3. The number of amides is 3. The Bertz CT molecular complexity index is 1530. The van der Waals surface area contributed by atoms with E-state index in [9.17, 15) is 24.3 Å². The lowest BCUT2D eigenvalue weighted by atomic mass is 9.86. The van der Waals surface area contributed by atoms with Crippen molar-refractivity contribution >= 4 is 35.1 Å². The van der Waals surface area contributed by atoms with Gasteiger partial charge < -0.3 is 30.8 Å². The first-order valence-electron chi connectivity index (χ1n) is 13.0. The van der Waals surface area contributed by atoms with Crippen LogP contribution in [0.1, 0.15) is 79.3 Å². The molecule has 3 amide bonds. The van der Waals surface area contributed by atoms with Crippen molar-refractivity contribution in [3.05, 3.63) is 64.7 Å². The van der Waals surface area contributed by atoms with Crippen molar-refractivity contribution in [2.45, 2.75) is 60.3 Å². The average molecular weight is 564 g/mol. The van der Waals surface area contributed by atoms with Crippen LogP contribution in [0.15, 0.2) is 36.5 Å². The van der Waals surface area contributed by atoms with Crippen molar-refractivity contribution in [2.24, 2.45) is 11.1 Å². The van der Waals surface area contributed by atoms with Gasteiger partial charge in [-0.2, -0.15) is 0 Å². The van der Waals surface area contributed by atoms with E-state index in [0.717, 1.165) is 11.1 Å². The smallest absolute Gasteiger partial charge is 0.356 e. The third kappa shape index (κ3) is 6.92. The minimum atomic E-state index is -1.23. The van der Waals surface area contributed by atoms with Crippen LogP contribution in [0.2, 0.25) is 0 Å². The van der Waals surface area contributed by atoms with E-state index in [4.69, 9.17) is 10.5 Å². The van der Waals surface area contributed by atoms with Gasteiger partial charge in [0.25, 0.3) is 5.91 Å². The highest BCUT2D eigenvalue weighted by Gasteiger charge is 2.29. The first-order valence-corrected chi connectivity index (χ1v) is 13.0. The van der Waals surface area contributed by atoms with E-state index in [0.29, 0.717) is 28.6 Å². The normalized spacial score (nSPS) is 11.6. The van der Waals surface area contributed by atoms with Gasteiger partial charge >= 0.3 is 5.97 Å². The van der Waals surface area contributed by atoms with Gasteiger partial charge in [0.05, 0.1) is 29.6 Å². The van der Waals surface area contributed by atoms with Gasteiger partial charge in [-0.05, 0) is 47.7 Å². The lowest BCUT2D eigenvalue weighted by Crippen LogP contribution is -2.34. The predicted molar refractivity (Wildman–Crippen MR) is 156 cm³/mol. The molecule has 2 aromatic carbocycles. The maximum atomic E-state index is 13.6. The standard InChI is InChI=1S/C30H37N5O6/c1-16-9-10-18(11-23(16)35-15-22(27(38)39)33-24(35)14-30(6,7)28(31)40)26(37)34-21-13-19(29(3,4)5)12-20(25(21)41-8)32-17(2)36/h9-13,15H,14H2,1-8H3,(H2,31,40)(H,32,36)(H,34,37)(H,38,39). The third-order valence-corrected chi connectivity index (χ3v) is 6.71. The zero-order valence-corrected chi connectivity index (χ0v) is 24.6. The molecule has 0 fully saturated rings. The van der Waals surface area contributed by atoms with E-state index in [1.165, 1.54) is 20.2 Å². The topological polar surface area (TPSA) is 166 Å². The average Bonchev–Trinajstić information content (AvgIpc) is 3.26. The minimum Gasteiger partial charge on any atom is -0.492 e. The Kier molecular flexibility index (Phi) is 8.61. The van der Waals surface area contributed by atoms with Crippen LogP contribution in [-0.2, 0) is 21.4 Å². The zero-order valence-electron chi connectivity index (χ0n) is 24.6. The summed E-state index contributed by atoms with van der Waals surface area (Å²) in [7, 11) is 1.45. The number of imidazole rings is 1. The van der Waals surface area contributed by atoms with Crippen molar-refractivity contribution in [3.8, 4) is 11.4 Å². The first kappa shape index (κ1) is 30.9. The molecule has 11 heteroatoms. The summed E-state index contributed by atoms with van der Waals surface area (Å²) in [6.45, 7) is 12.5. The number of aromatic carboxylic acids is 1. The molecule has 0 aliphatic heterocycles. The first-order chi connectivity index (χ1) is 18.9. The number of carbonyl (C=O) groups is 4. The van der Waals surface area contributed by atoms with Crippen molar-refractivity contribution in [2.75, 3.05) is 17.7 Å². The summed E-state index contributed by atoms with van der Waals surface area (Å²) in [6.07, 6.45) is 1.43. The molecule has 3 aromatic rings. The molecule has 0 radical (unpaired) electrons. The molecule has 41 heavy (non-hydrogen) atoms. The molecule has 0 unspecified atom stereocenters. The fourth-order valence-corrected chi connectivity index (χ4v) is 4.20. The minimum absolute atomic E-state index is 0.0776. The summed E-state index contributed by atoms with van der Waals surface area (Å²) in [5.41, 5.74) is 7.26. The number of rotatable bonds is 9. The molecule has 0 saturated heterocycles. The van der Waals surface area contributed by atoms with Gasteiger partial charge in [-0.25, -0.2) is 9.78 Å². The van der Waals surface area contributed by atoms with Gasteiger partial charge in [-0.15, -0.1) is 0 Å². The summed E-state index contributed by atoms with van der Waals surface area (Å²) in [4.78, 5) is 53.4. The van der Waals surface area contributed by atoms with E-state index in [1.54, 1.807) is 42.7 Å². The molecule has 0 atom stereocenters. The molecule has 0 saturated carbocycles. The predicted octanol–water partition coefficient (Wildman–Crippen LogP) is 4.45. The number of carboxylic acids is 1. The number of aromatic nitrogens is 2. The molecule has 3 rings (SSSR count). The van der Waals surface area contributed by atoms with Crippen LogP contribution in [0.25, 0.3) is 5.69 Å². The zero-order chi connectivity index (χ0) is 30.9. The Morgan fingerprint density at radius 2 is 1.63 bits per heavy atom. The summed E-state index contributed by atoms with van der Waals surface area (Å²) < 4.78 is 7.13. The van der Waals surface area contributed by atoms with Gasteiger partial charge in [0.15, 0.2) is 11.4 Å². The number of carbonyl (C=O) groups excluding carboxylic acids is 3. The molecule has 1 aromatic heterocycles. The van der Waals surface area contributed by atoms with Crippen molar-refractivity contribution in [1.29, 1.82) is 0 Å². The molecule has 0 aliphatic rings. The van der Waals surface area contributed by atoms with Crippen molar-refractivity contribution in [3.63, 3.8) is 0 Å². The van der Waals surface area contributed by atoms with Crippen LogP contribution in [0.4, 0.5) is 11.4 Å². The molecule has 0 aliphatic carbocycles. The Morgan fingerprint density at radius 3 is 2.15 bits per heavy atom. The number of hydrogen-bond donors (Lipinski definition) is 4. The number of carboxylic acid groups (broad SMARTS) is 1. The van der Waals surface area contributed by atoms with E-state index in [-0.39, 0.29) is 29.0 Å². The fourth-order valence-electron chi connectivity index (χ4n) is 4.20. The largest absolute Gasteiger partial charge is 0.492 e. The number of nitrogens with one attached hydrogen (secondary N) is 2. The highest BCUT2D eigenvalue weighted by atomic mass is 16.5. The lowest BCUT2D eigenvalue weighted by molar-refractivity contribution is -0.126. The molecule has 5 N–H and O–H groups in total. The Balaban J connectivity index is 2.10. The second kappa shape index (κ2) is 11.4. The Labute approximate surface area is 239 Å².